The molecule has 28 heavy (non-hydrogen) atoms. The Morgan fingerprint density at radius 1 is 1.25 bits per heavy atom. The van der Waals surface area contributed by atoms with E-state index in [1.54, 1.807) is 6.92 Å². The van der Waals surface area contributed by atoms with E-state index in [9.17, 15) is 9.59 Å². The Balaban J connectivity index is 1.30. The molecule has 2 aromatic heterocycles. The van der Waals surface area contributed by atoms with Crippen LogP contribution in [0, 0.1) is 0 Å². The molecule has 0 radical (unpaired) electrons. The van der Waals surface area contributed by atoms with Crippen LogP contribution in [0.15, 0.2) is 41.0 Å². The highest BCUT2D eigenvalue weighted by Gasteiger charge is 2.19. The molecule has 6 nitrogen and oxygen atoms in total. The van der Waals surface area contributed by atoms with Crippen LogP contribution >= 0.6 is 23.1 Å². The number of carbonyl (C=O) groups excluding carboxylic acids is 2. The fraction of sp³-hybridized carbons (Fsp3) is 0.300. The normalized spacial score (nSPS) is 13.9. The van der Waals surface area contributed by atoms with Crippen LogP contribution in [0.4, 0.5) is 5.69 Å². The lowest BCUT2D eigenvalue weighted by molar-refractivity contribution is -0.150. The molecule has 1 N–H and O–H groups in total. The predicted octanol–water partition coefficient (Wildman–Crippen LogP) is 3.84. The van der Waals surface area contributed by atoms with Crippen LogP contribution in [0.3, 0.4) is 0 Å². The summed E-state index contributed by atoms with van der Waals surface area (Å²) < 4.78 is 5.28. The molecular weight excluding hydrogens is 394 g/mol. The van der Waals surface area contributed by atoms with Crippen molar-refractivity contribution in [2.75, 3.05) is 11.1 Å². The maximum atomic E-state index is 12.3. The molecule has 144 valence electrons. The molecule has 8 heteroatoms. The quantitative estimate of drug-likeness (QED) is 0.376. The van der Waals surface area contributed by atoms with Gasteiger partial charge in [0.1, 0.15) is 16.2 Å². The number of amides is 1. The fourth-order valence-electron chi connectivity index (χ4n) is 3.19. The number of aryl methyl sites for hydroxylation is 2. The third-order valence-electron chi connectivity index (χ3n) is 4.60. The van der Waals surface area contributed by atoms with Crippen LogP contribution in [0.25, 0.3) is 10.2 Å². The average Bonchev–Trinajstić information content (AvgIpc) is 3.35. The molecule has 0 unspecified atom stereocenters. The van der Waals surface area contributed by atoms with E-state index in [0.717, 1.165) is 40.2 Å². The Morgan fingerprint density at radius 3 is 3.00 bits per heavy atom. The lowest BCUT2D eigenvalue weighted by Gasteiger charge is -2.14. The van der Waals surface area contributed by atoms with E-state index in [2.05, 4.69) is 21.4 Å². The first-order valence-corrected chi connectivity index (χ1v) is 10.9. The number of benzene rings is 1. The van der Waals surface area contributed by atoms with Gasteiger partial charge in [-0.15, -0.1) is 11.3 Å². The zero-order valence-electron chi connectivity index (χ0n) is 15.3. The first-order valence-electron chi connectivity index (χ1n) is 9.03. The molecule has 0 fully saturated rings. The average molecular weight is 414 g/mol. The second-order valence-electron chi connectivity index (χ2n) is 6.57. The third-order valence-corrected chi connectivity index (χ3v) is 6.39. The van der Waals surface area contributed by atoms with Gasteiger partial charge in [-0.2, -0.15) is 0 Å². The molecule has 1 aliphatic rings. The minimum Gasteiger partial charge on any atom is -0.452 e. The Bertz CT molecular complexity index is 1030. The van der Waals surface area contributed by atoms with E-state index in [1.807, 2.05) is 23.6 Å². The lowest BCUT2D eigenvalue weighted by atomic mass is 10.1. The topological polar surface area (TPSA) is 81.2 Å². The number of thiophene rings is 1. The number of ether oxygens (including phenoxy) is 1. The molecule has 4 rings (SSSR count). The van der Waals surface area contributed by atoms with Crippen molar-refractivity contribution in [3.05, 3.63) is 47.1 Å². The number of nitrogens with zero attached hydrogens (tertiary/aromatic N) is 2. The van der Waals surface area contributed by atoms with Crippen LogP contribution in [-0.2, 0) is 27.2 Å². The monoisotopic (exact) mass is 413 g/mol. The standard InChI is InChI=1S/C20H19N3O3S2/c1-12(18(25)23-15-6-5-13-3-2-4-14(13)9-15)26-17(24)10-28-20-16-7-8-27-19(16)21-11-22-20/h5-9,11-12H,2-4,10H2,1H3,(H,23,25)/t12-/m1/s1. The van der Waals surface area contributed by atoms with Crippen molar-refractivity contribution < 1.29 is 14.3 Å². The Labute approximate surface area is 170 Å². The highest BCUT2D eigenvalue weighted by atomic mass is 32.2. The van der Waals surface area contributed by atoms with E-state index in [1.165, 1.54) is 40.6 Å². The number of hydrogen-bond acceptors (Lipinski definition) is 7. The van der Waals surface area contributed by atoms with Gasteiger partial charge < -0.3 is 10.1 Å². The van der Waals surface area contributed by atoms with Crippen molar-refractivity contribution in [2.24, 2.45) is 0 Å². The molecule has 3 aromatic rings. The van der Waals surface area contributed by atoms with Crippen molar-refractivity contribution in [3.8, 4) is 0 Å². The van der Waals surface area contributed by atoms with Crippen LogP contribution in [0.2, 0.25) is 0 Å². The van der Waals surface area contributed by atoms with E-state index < -0.39 is 12.1 Å². The van der Waals surface area contributed by atoms with Gasteiger partial charge in [0.2, 0.25) is 0 Å². The molecule has 2 heterocycles. The molecule has 0 spiro atoms. The smallest absolute Gasteiger partial charge is 0.317 e. The maximum Gasteiger partial charge on any atom is 0.317 e. The van der Waals surface area contributed by atoms with Gasteiger partial charge in [0.05, 0.1) is 5.75 Å². The number of fused-ring (bicyclic) bond motifs is 2. The molecule has 0 saturated carbocycles. The number of esters is 1. The molecule has 1 amide bonds. The van der Waals surface area contributed by atoms with E-state index >= 15 is 0 Å². The summed E-state index contributed by atoms with van der Waals surface area (Å²) in [7, 11) is 0. The van der Waals surface area contributed by atoms with Crippen molar-refractivity contribution in [1.82, 2.24) is 9.97 Å². The van der Waals surface area contributed by atoms with Gasteiger partial charge in [0.15, 0.2) is 6.10 Å². The van der Waals surface area contributed by atoms with Gasteiger partial charge in [-0.3, -0.25) is 9.59 Å². The van der Waals surface area contributed by atoms with Gasteiger partial charge >= 0.3 is 5.97 Å². The summed E-state index contributed by atoms with van der Waals surface area (Å²) in [4.78, 5) is 33.8. The summed E-state index contributed by atoms with van der Waals surface area (Å²) in [5, 5.41) is 6.43. The van der Waals surface area contributed by atoms with E-state index in [0.29, 0.717) is 0 Å². The summed E-state index contributed by atoms with van der Waals surface area (Å²) in [6.07, 6.45) is 3.91. The van der Waals surface area contributed by atoms with Crippen LogP contribution in [0.5, 0.6) is 0 Å². The van der Waals surface area contributed by atoms with Crippen molar-refractivity contribution in [3.63, 3.8) is 0 Å². The molecule has 0 aliphatic heterocycles. The number of anilines is 1. The number of nitrogens with one attached hydrogen (secondary N) is 1. The number of thioether (sulfide) groups is 1. The predicted molar refractivity (Wildman–Crippen MR) is 111 cm³/mol. The molecule has 1 aromatic carbocycles. The van der Waals surface area contributed by atoms with Crippen LogP contribution in [-0.4, -0.2) is 33.7 Å². The Morgan fingerprint density at radius 2 is 2.11 bits per heavy atom. The van der Waals surface area contributed by atoms with Crippen molar-refractivity contribution >= 4 is 50.9 Å². The van der Waals surface area contributed by atoms with Gasteiger partial charge in [-0.25, -0.2) is 9.97 Å². The second-order valence-corrected chi connectivity index (χ2v) is 8.42. The van der Waals surface area contributed by atoms with Crippen LogP contribution < -0.4 is 5.32 Å². The number of hydrogen-bond donors (Lipinski definition) is 1. The van der Waals surface area contributed by atoms with Gasteiger partial charge in [-0.05, 0) is 60.9 Å². The minimum absolute atomic E-state index is 0.0818. The number of carbonyl (C=O) groups is 2. The fourth-order valence-corrected chi connectivity index (χ4v) is 4.75. The molecular formula is C20H19N3O3S2. The molecule has 0 bridgehead atoms. The number of aromatic nitrogens is 2. The first kappa shape index (κ1) is 18.9. The maximum absolute atomic E-state index is 12.3. The van der Waals surface area contributed by atoms with Gasteiger partial charge in [0, 0.05) is 11.1 Å². The summed E-state index contributed by atoms with van der Waals surface area (Å²) in [5.74, 6) is -0.708. The zero-order chi connectivity index (χ0) is 19.5. The molecule has 1 aliphatic carbocycles. The largest absolute Gasteiger partial charge is 0.452 e. The Hall–Kier alpha value is -2.45. The van der Waals surface area contributed by atoms with E-state index in [-0.39, 0.29) is 11.7 Å². The van der Waals surface area contributed by atoms with Crippen LogP contribution in [0.1, 0.15) is 24.5 Å². The molecule has 1 atom stereocenters. The number of rotatable bonds is 6. The SMILES string of the molecule is C[C@@H](OC(=O)CSc1ncnc2sccc12)C(=O)Nc1ccc2c(c1)CCC2. The van der Waals surface area contributed by atoms with Crippen molar-refractivity contribution in [1.29, 1.82) is 0 Å². The third kappa shape index (κ3) is 4.18. The van der Waals surface area contributed by atoms with Gasteiger partial charge in [0.25, 0.3) is 5.91 Å². The zero-order valence-corrected chi connectivity index (χ0v) is 16.9. The summed E-state index contributed by atoms with van der Waals surface area (Å²) in [6, 6.07) is 7.89. The molecule has 0 saturated heterocycles. The summed E-state index contributed by atoms with van der Waals surface area (Å²) in [6.45, 7) is 1.58. The summed E-state index contributed by atoms with van der Waals surface area (Å²) >= 11 is 2.81. The van der Waals surface area contributed by atoms with E-state index in [4.69, 9.17) is 4.74 Å². The lowest BCUT2D eigenvalue weighted by Crippen LogP contribution is -2.30. The summed E-state index contributed by atoms with van der Waals surface area (Å²) in [5.41, 5.74) is 3.37. The minimum atomic E-state index is -0.868. The highest BCUT2D eigenvalue weighted by molar-refractivity contribution is 8.00. The van der Waals surface area contributed by atoms with Gasteiger partial charge in [-0.1, -0.05) is 17.8 Å². The highest BCUT2D eigenvalue weighted by Crippen LogP contribution is 2.28. The first-order chi connectivity index (χ1) is 13.6. The van der Waals surface area contributed by atoms with Crippen molar-refractivity contribution in [2.45, 2.75) is 37.3 Å². The second kappa shape index (κ2) is 8.28. The Kier molecular flexibility index (Phi) is 5.59.